The first kappa shape index (κ1) is 22.1. The Morgan fingerprint density at radius 2 is 1.66 bits per heavy atom. The third kappa shape index (κ3) is 6.98. The van der Waals surface area contributed by atoms with E-state index < -0.39 is 0 Å². The molecule has 2 saturated heterocycles. The number of carbonyl (C=O) groups excluding carboxylic acids is 2. The van der Waals surface area contributed by atoms with Crippen molar-refractivity contribution in [1.29, 1.82) is 0 Å². The highest BCUT2D eigenvalue weighted by molar-refractivity contribution is 6.30. The van der Waals surface area contributed by atoms with E-state index in [1.165, 1.54) is 6.42 Å². The van der Waals surface area contributed by atoms with Crippen molar-refractivity contribution in [2.45, 2.75) is 26.8 Å². The highest BCUT2D eigenvalue weighted by Gasteiger charge is 2.27. The molecular weight excluding hydrogens is 388 g/mol. The van der Waals surface area contributed by atoms with Gasteiger partial charge in [-0.05, 0) is 36.0 Å². The number of nitrogens with one attached hydrogen (secondary N) is 1. The molecule has 1 aromatic rings. The van der Waals surface area contributed by atoms with E-state index in [-0.39, 0.29) is 11.8 Å². The molecule has 0 radical (unpaired) electrons. The maximum atomic E-state index is 12.7. The molecule has 6 nitrogen and oxygen atoms in total. The molecule has 1 aromatic carbocycles. The fourth-order valence-corrected chi connectivity index (χ4v) is 4.58. The van der Waals surface area contributed by atoms with Gasteiger partial charge in [0.1, 0.15) is 0 Å². The van der Waals surface area contributed by atoms with Gasteiger partial charge in [-0.15, -0.1) is 0 Å². The smallest absolute Gasteiger partial charge is 0.236 e. The second-order valence-electron chi connectivity index (χ2n) is 8.70. The first-order valence-corrected chi connectivity index (χ1v) is 11.0. The van der Waals surface area contributed by atoms with E-state index in [1.54, 1.807) is 0 Å². The van der Waals surface area contributed by atoms with Gasteiger partial charge in [-0.25, -0.2) is 0 Å². The van der Waals surface area contributed by atoms with Gasteiger partial charge in [0, 0.05) is 50.8 Å². The summed E-state index contributed by atoms with van der Waals surface area (Å²) < 4.78 is 0. The lowest BCUT2D eigenvalue weighted by atomic mass is 9.92. The van der Waals surface area contributed by atoms with Crippen LogP contribution in [0.4, 0.5) is 0 Å². The van der Waals surface area contributed by atoms with E-state index in [9.17, 15) is 9.59 Å². The Morgan fingerprint density at radius 1 is 1.03 bits per heavy atom. The van der Waals surface area contributed by atoms with Gasteiger partial charge in [0.25, 0.3) is 0 Å². The SMILES string of the molecule is C[C@H]1C[C@H](C)CN(C(=O)CN2CCN(CC(=O)NCc3cccc(Cl)c3)CC2)C1. The number of halogens is 1. The van der Waals surface area contributed by atoms with Crippen LogP contribution < -0.4 is 5.32 Å². The zero-order valence-corrected chi connectivity index (χ0v) is 18.3. The van der Waals surface area contributed by atoms with Crippen molar-refractivity contribution >= 4 is 23.4 Å². The Kier molecular flexibility index (Phi) is 7.92. The fraction of sp³-hybridized carbons (Fsp3) is 0.636. The summed E-state index contributed by atoms with van der Waals surface area (Å²) in [5, 5.41) is 3.63. The Bertz CT molecular complexity index is 696. The molecule has 0 bridgehead atoms. The third-order valence-corrected chi connectivity index (χ3v) is 6.03. The number of carbonyl (C=O) groups is 2. The minimum atomic E-state index is 0.0193. The van der Waals surface area contributed by atoms with E-state index in [1.807, 2.05) is 29.2 Å². The zero-order chi connectivity index (χ0) is 20.8. The molecule has 0 unspecified atom stereocenters. The molecule has 1 N–H and O–H groups in total. The molecule has 2 fully saturated rings. The molecule has 2 aliphatic rings. The van der Waals surface area contributed by atoms with Crippen molar-refractivity contribution in [2.75, 3.05) is 52.4 Å². The number of hydrogen-bond donors (Lipinski definition) is 1. The summed E-state index contributed by atoms with van der Waals surface area (Å²) in [5.41, 5.74) is 0.996. The molecule has 3 rings (SSSR count). The lowest BCUT2D eigenvalue weighted by Crippen LogP contribution is -2.53. The van der Waals surface area contributed by atoms with Crippen LogP contribution in [0.5, 0.6) is 0 Å². The predicted molar refractivity (Wildman–Crippen MR) is 116 cm³/mol. The fourth-order valence-electron chi connectivity index (χ4n) is 4.37. The summed E-state index contributed by atoms with van der Waals surface area (Å²) in [6, 6.07) is 7.52. The topological polar surface area (TPSA) is 55.9 Å². The third-order valence-electron chi connectivity index (χ3n) is 5.79. The van der Waals surface area contributed by atoms with Crippen molar-refractivity contribution in [2.24, 2.45) is 11.8 Å². The van der Waals surface area contributed by atoms with Crippen LogP contribution in [0, 0.1) is 11.8 Å². The average molecular weight is 421 g/mol. The monoisotopic (exact) mass is 420 g/mol. The minimum Gasteiger partial charge on any atom is -0.351 e. The van der Waals surface area contributed by atoms with Gasteiger partial charge < -0.3 is 10.2 Å². The molecule has 2 amide bonds. The number of nitrogens with zero attached hydrogens (tertiary/aromatic N) is 3. The Morgan fingerprint density at radius 3 is 2.28 bits per heavy atom. The largest absolute Gasteiger partial charge is 0.351 e. The van der Waals surface area contributed by atoms with Gasteiger partial charge in [0.05, 0.1) is 13.1 Å². The van der Waals surface area contributed by atoms with Crippen LogP contribution in [-0.4, -0.2) is 78.9 Å². The van der Waals surface area contributed by atoms with E-state index in [0.717, 1.165) is 44.8 Å². The summed E-state index contributed by atoms with van der Waals surface area (Å²) in [4.78, 5) is 31.3. The van der Waals surface area contributed by atoms with Crippen molar-refractivity contribution in [3.05, 3.63) is 34.9 Å². The molecule has 29 heavy (non-hydrogen) atoms. The number of likely N-dealkylation sites (tertiary alicyclic amines) is 1. The summed E-state index contributed by atoms with van der Waals surface area (Å²) in [7, 11) is 0. The molecule has 0 spiro atoms. The number of hydrogen-bond acceptors (Lipinski definition) is 4. The molecule has 0 saturated carbocycles. The van der Waals surface area contributed by atoms with Gasteiger partial charge in [-0.1, -0.05) is 37.6 Å². The van der Waals surface area contributed by atoms with E-state index in [2.05, 4.69) is 29.0 Å². The standard InChI is InChI=1S/C22H33ClN4O2/c1-17-10-18(2)14-27(13-17)22(29)16-26-8-6-25(7-9-26)15-21(28)24-12-19-4-3-5-20(23)11-19/h3-5,11,17-18H,6-10,12-16H2,1-2H3,(H,24,28)/t17-,18-/m0/s1. The lowest BCUT2D eigenvalue weighted by Gasteiger charge is -2.38. The second-order valence-corrected chi connectivity index (χ2v) is 9.14. The first-order chi connectivity index (χ1) is 13.9. The highest BCUT2D eigenvalue weighted by Crippen LogP contribution is 2.21. The Hall–Kier alpha value is -1.63. The van der Waals surface area contributed by atoms with Crippen LogP contribution in [-0.2, 0) is 16.1 Å². The Balaban J connectivity index is 1.35. The number of benzene rings is 1. The van der Waals surface area contributed by atoms with Gasteiger partial charge in [0.2, 0.25) is 11.8 Å². The van der Waals surface area contributed by atoms with E-state index in [0.29, 0.717) is 36.5 Å². The van der Waals surface area contributed by atoms with Crippen LogP contribution in [0.15, 0.2) is 24.3 Å². The molecular formula is C22H33ClN4O2. The van der Waals surface area contributed by atoms with Gasteiger partial charge in [-0.2, -0.15) is 0 Å². The predicted octanol–water partition coefficient (Wildman–Crippen LogP) is 2.08. The molecule has 0 aliphatic carbocycles. The minimum absolute atomic E-state index is 0.0193. The number of piperazine rings is 1. The van der Waals surface area contributed by atoms with Gasteiger partial charge in [-0.3, -0.25) is 19.4 Å². The normalized spacial score (nSPS) is 23.8. The maximum Gasteiger partial charge on any atom is 0.236 e. The summed E-state index contributed by atoms with van der Waals surface area (Å²) in [5.74, 6) is 1.44. The highest BCUT2D eigenvalue weighted by atomic mass is 35.5. The van der Waals surface area contributed by atoms with Gasteiger partial charge in [0.15, 0.2) is 0 Å². The summed E-state index contributed by atoms with van der Waals surface area (Å²) >= 11 is 5.98. The number of rotatable bonds is 6. The summed E-state index contributed by atoms with van der Waals surface area (Å²) in [6.45, 7) is 10.9. The van der Waals surface area contributed by atoms with Crippen LogP contribution in [0.3, 0.4) is 0 Å². The first-order valence-electron chi connectivity index (χ1n) is 10.6. The van der Waals surface area contributed by atoms with Crippen molar-refractivity contribution in [3.63, 3.8) is 0 Å². The van der Waals surface area contributed by atoms with Crippen molar-refractivity contribution < 1.29 is 9.59 Å². The number of amides is 2. The molecule has 2 atom stereocenters. The molecule has 2 aliphatic heterocycles. The summed E-state index contributed by atoms with van der Waals surface area (Å²) in [6.07, 6.45) is 1.21. The van der Waals surface area contributed by atoms with E-state index in [4.69, 9.17) is 11.6 Å². The van der Waals surface area contributed by atoms with E-state index >= 15 is 0 Å². The van der Waals surface area contributed by atoms with Crippen molar-refractivity contribution in [1.82, 2.24) is 20.0 Å². The Labute approximate surface area is 179 Å². The average Bonchev–Trinajstić information content (AvgIpc) is 2.67. The maximum absolute atomic E-state index is 12.7. The number of piperidine rings is 1. The van der Waals surface area contributed by atoms with Crippen LogP contribution in [0.2, 0.25) is 5.02 Å². The van der Waals surface area contributed by atoms with Gasteiger partial charge >= 0.3 is 0 Å². The molecule has 160 valence electrons. The zero-order valence-electron chi connectivity index (χ0n) is 17.6. The quantitative estimate of drug-likeness (QED) is 0.765. The second kappa shape index (κ2) is 10.4. The lowest BCUT2D eigenvalue weighted by molar-refractivity contribution is -0.135. The van der Waals surface area contributed by atoms with Crippen molar-refractivity contribution in [3.8, 4) is 0 Å². The van der Waals surface area contributed by atoms with Crippen LogP contribution in [0.1, 0.15) is 25.8 Å². The van der Waals surface area contributed by atoms with Crippen LogP contribution >= 0.6 is 11.6 Å². The van der Waals surface area contributed by atoms with Crippen LogP contribution in [0.25, 0.3) is 0 Å². The molecule has 7 heteroatoms. The molecule has 0 aromatic heterocycles. The molecule has 2 heterocycles.